The molecule has 0 atom stereocenters. The van der Waals surface area contributed by atoms with Gasteiger partial charge in [-0.25, -0.2) is 19.0 Å². The maximum absolute atomic E-state index is 15.2. The molecular formula is C30H34F4N8. The van der Waals surface area contributed by atoms with Gasteiger partial charge in [0, 0.05) is 44.3 Å². The average Bonchev–Trinajstić information content (AvgIpc) is 3.38. The van der Waals surface area contributed by atoms with Crippen molar-refractivity contribution < 1.29 is 17.6 Å². The van der Waals surface area contributed by atoms with E-state index in [2.05, 4.69) is 32.1 Å². The Hall–Kier alpha value is -3.77. The summed E-state index contributed by atoms with van der Waals surface area (Å²) in [4.78, 5) is 13.7. The SMILES string of the molecule is CN1CCN(C2CCC(n3nc(-c4ccc(NCc5ccc(C(F)(F)F)cc5)c(F)c4)c4c(N)ncnc43)CC2)CC1. The molecule has 42 heavy (non-hydrogen) atoms. The Bertz CT molecular complexity index is 1540. The van der Waals surface area contributed by atoms with E-state index >= 15 is 4.39 Å². The number of anilines is 2. The number of aromatic nitrogens is 4. The number of halogens is 4. The molecule has 0 bridgehead atoms. The van der Waals surface area contributed by atoms with Crippen molar-refractivity contribution in [3.63, 3.8) is 0 Å². The van der Waals surface area contributed by atoms with Gasteiger partial charge in [-0.2, -0.15) is 18.3 Å². The monoisotopic (exact) mass is 582 g/mol. The molecule has 1 aliphatic carbocycles. The van der Waals surface area contributed by atoms with E-state index < -0.39 is 17.6 Å². The molecule has 2 fully saturated rings. The third-order valence-corrected chi connectivity index (χ3v) is 8.59. The number of benzene rings is 2. The lowest BCUT2D eigenvalue weighted by molar-refractivity contribution is -0.137. The number of hydrogen-bond acceptors (Lipinski definition) is 7. The number of hydrogen-bond donors (Lipinski definition) is 2. The van der Waals surface area contributed by atoms with Crippen LogP contribution in [0.15, 0.2) is 48.8 Å². The Balaban J connectivity index is 1.19. The van der Waals surface area contributed by atoms with Crippen LogP contribution in [0.3, 0.4) is 0 Å². The third-order valence-electron chi connectivity index (χ3n) is 8.59. The van der Waals surface area contributed by atoms with Gasteiger partial charge in [0.2, 0.25) is 0 Å². The number of alkyl halides is 3. The van der Waals surface area contributed by atoms with Crippen molar-refractivity contribution in [1.82, 2.24) is 29.5 Å². The zero-order chi connectivity index (χ0) is 29.4. The van der Waals surface area contributed by atoms with Gasteiger partial charge in [0.05, 0.1) is 22.7 Å². The minimum atomic E-state index is -4.40. The predicted molar refractivity (Wildman–Crippen MR) is 154 cm³/mol. The molecule has 4 aromatic rings. The molecule has 0 amide bonds. The van der Waals surface area contributed by atoms with Crippen molar-refractivity contribution in [3.05, 3.63) is 65.7 Å². The van der Waals surface area contributed by atoms with E-state index in [-0.39, 0.29) is 24.1 Å². The van der Waals surface area contributed by atoms with Crippen molar-refractivity contribution in [3.8, 4) is 11.3 Å². The molecule has 2 aromatic heterocycles. The van der Waals surface area contributed by atoms with Crippen LogP contribution in [0.25, 0.3) is 22.3 Å². The molecule has 1 aliphatic heterocycles. The Morgan fingerprint density at radius 2 is 1.62 bits per heavy atom. The molecule has 0 spiro atoms. The highest BCUT2D eigenvalue weighted by Crippen LogP contribution is 2.38. The molecule has 1 saturated carbocycles. The van der Waals surface area contributed by atoms with Crippen molar-refractivity contribution in [1.29, 1.82) is 0 Å². The molecule has 0 unspecified atom stereocenters. The van der Waals surface area contributed by atoms with Gasteiger partial charge in [-0.1, -0.05) is 18.2 Å². The van der Waals surface area contributed by atoms with E-state index in [1.54, 1.807) is 12.1 Å². The van der Waals surface area contributed by atoms with Crippen molar-refractivity contribution in [2.75, 3.05) is 44.3 Å². The van der Waals surface area contributed by atoms with Crippen LogP contribution in [0.1, 0.15) is 42.9 Å². The molecule has 6 rings (SSSR count). The van der Waals surface area contributed by atoms with Gasteiger partial charge in [-0.15, -0.1) is 0 Å². The highest BCUT2D eigenvalue weighted by atomic mass is 19.4. The van der Waals surface area contributed by atoms with E-state index in [1.807, 2.05) is 4.68 Å². The van der Waals surface area contributed by atoms with Gasteiger partial charge in [-0.3, -0.25) is 4.90 Å². The summed E-state index contributed by atoms with van der Waals surface area (Å²) in [6.07, 6.45) is 1.14. The fourth-order valence-electron chi connectivity index (χ4n) is 6.12. The second-order valence-electron chi connectivity index (χ2n) is 11.3. The average molecular weight is 583 g/mol. The van der Waals surface area contributed by atoms with Gasteiger partial charge < -0.3 is 16.0 Å². The Morgan fingerprint density at radius 1 is 0.929 bits per heavy atom. The zero-order valence-electron chi connectivity index (χ0n) is 23.4. The van der Waals surface area contributed by atoms with Crippen LogP contribution in [0.4, 0.5) is 29.1 Å². The first-order chi connectivity index (χ1) is 20.2. The van der Waals surface area contributed by atoms with Gasteiger partial charge in [-0.05, 0) is 62.6 Å². The van der Waals surface area contributed by atoms with Crippen LogP contribution in [-0.4, -0.2) is 68.8 Å². The number of nitrogens with zero attached hydrogens (tertiary/aromatic N) is 6. The quantitative estimate of drug-likeness (QED) is 0.287. The van der Waals surface area contributed by atoms with Crippen LogP contribution in [-0.2, 0) is 12.7 Å². The number of fused-ring (bicyclic) bond motifs is 1. The number of nitrogens with one attached hydrogen (secondary N) is 1. The lowest BCUT2D eigenvalue weighted by atomic mass is 9.90. The fraction of sp³-hybridized carbons (Fsp3) is 0.433. The standard InChI is InChI=1S/C30H34F4N8/c1-40-12-14-41(15-13-40)22-7-9-23(10-8-22)42-29-26(28(35)37-18-38-29)27(39-42)20-4-11-25(24(31)16-20)36-17-19-2-5-21(6-3-19)30(32,33)34/h2-6,11,16,18,22-23,36H,7-10,12-15,17H2,1H3,(H2,35,37,38). The first-order valence-corrected chi connectivity index (χ1v) is 14.3. The summed E-state index contributed by atoms with van der Waals surface area (Å²) in [5.74, 6) is -0.220. The van der Waals surface area contributed by atoms with Gasteiger partial charge >= 0.3 is 6.18 Å². The summed E-state index contributed by atoms with van der Waals surface area (Å²) in [5, 5.41) is 8.49. The van der Waals surface area contributed by atoms with Gasteiger partial charge in [0.1, 0.15) is 23.7 Å². The van der Waals surface area contributed by atoms with Crippen LogP contribution in [0.2, 0.25) is 0 Å². The van der Waals surface area contributed by atoms with E-state index in [9.17, 15) is 13.2 Å². The maximum atomic E-state index is 15.2. The molecule has 0 radical (unpaired) electrons. The minimum Gasteiger partial charge on any atom is -0.383 e. The zero-order valence-corrected chi connectivity index (χ0v) is 23.4. The fourth-order valence-corrected chi connectivity index (χ4v) is 6.12. The highest BCUT2D eigenvalue weighted by Gasteiger charge is 2.31. The van der Waals surface area contributed by atoms with Crippen molar-refractivity contribution in [2.24, 2.45) is 0 Å². The van der Waals surface area contributed by atoms with Crippen LogP contribution >= 0.6 is 0 Å². The summed E-state index contributed by atoms with van der Waals surface area (Å²) in [5.41, 5.74) is 8.12. The maximum Gasteiger partial charge on any atom is 0.416 e. The molecular weight excluding hydrogens is 548 g/mol. The topological polar surface area (TPSA) is 88.1 Å². The first-order valence-electron chi connectivity index (χ1n) is 14.3. The third kappa shape index (κ3) is 5.78. The largest absolute Gasteiger partial charge is 0.416 e. The number of rotatable bonds is 6. The highest BCUT2D eigenvalue weighted by molar-refractivity contribution is 5.98. The Labute approximate surface area is 241 Å². The molecule has 12 heteroatoms. The number of nitrogens with two attached hydrogens (primary N) is 1. The predicted octanol–water partition coefficient (Wildman–Crippen LogP) is 5.58. The lowest BCUT2D eigenvalue weighted by Gasteiger charge is -2.41. The Morgan fingerprint density at radius 3 is 2.29 bits per heavy atom. The normalized spacial score (nSPS) is 20.7. The molecule has 2 aliphatic rings. The van der Waals surface area contributed by atoms with Crippen LogP contribution < -0.4 is 11.1 Å². The van der Waals surface area contributed by atoms with E-state index in [4.69, 9.17) is 10.8 Å². The van der Waals surface area contributed by atoms with Gasteiger partial charge in [0.15, 0.2) is 5.65 Å². The molecule has 222 valence electrons. The summed E-state index contributed by atoms with van der Waals surface area (Å²) >= 11 is 0. The van der Waals surface area contributed by atoms with Crippen LogP contribution in [0.5, 0.6) is 0 Å². The molecule has 8 nitrogen and oxygen atoms in total. The molecule has 2 aromatic carbocycles. The molecule has 3 heterocycles. The summed E-state index contributed by atoms with van der Waals surface area (Å²) in [6.45, 7) is 4.58. The first kappa shape index (κ1) is 28.4. The summed E-state index contributed by atoms with van der Waals surface area (Å²) in [7, 11) is 2.17. The summed E-state index contributed by atoms with van der Waals surface area (Å²) in [6, 6.07) is 10.3. The minimum absolute atomic E-state index is 0.161. The van der Waals surface area contributed by atoms with E-state index in [0.29, 0.717) is 33.9 Å². The second kappa shape index (κ2) is 11.5. The second-order valence-corrected chi connectivity index (χ2v) is 11.3. The smallest absolute Gasteiger partial charge is 0.383 e. The van der Waals surface area contributed by atoms with E-state index in [0.717, 1.165) is 64.0 Å². The molecule has 1 saturated heterocycles. The van der Waals surface area contributed by atoms with Crippen molar-refractivity contribution in [2.45, 2.75) is 50.5 Å². The Kier molecular flexibility index (Phi) is 7.75. The summed E-state index contributed by atoms with van der Waals surface area (Å²) < 4.78 is 55.7. The lowest BCUT2D eigenvalue weighted by Crippen LogP contribution is -2.49. The molecule has 3 N–H and O–H groups in total. The number of nitrogen functional groups attached to an aromatic ring is 1. The van der Waals surface area contributed by atoms with E-state index in [1.165, 1.54) is 24.5 Å². The number of likely N-dealkylation sites (N-methyl/N-ethyl adjacent to an activating group) is 1. The number of piperazine rings is 1. The van der Waals surface area contributed by atoms with Crippen molar-refractivity contribution >= 4 is 22.5 Å². The van der Waals surface area contributed by atoms with Gasteiger partial charge in [0.25, 0.3) is 0 Å². The van der Waals surface area contributed by atoms with Crippen LogP contribution in [0, 0.1) is 5.82 Å².